The Hall–Kier alpha value is -0.350. The Balaban J connectivity index is 3.14. The zero-order valence-corrected chi connectivity index (χ0v) is 10.2. The Kier molecular flexibility index (Phi) is 3.93. The predicted molar refractivity (Wildman–Crippen MR) is 58.4 cm³/mol. The Labute approximate surface area is 93.5 Å². The number of carbonyl (C=O) groups is 1. The second-order valence-corrected chi connectivity index (χ2v) is 4.07. The van der Waals surface area contributed by atoms with Crippen LogP contribution in [0, 0.1) is 0 Å². The highest BCUT2D eigenvalue weighted by Gasteiger charge is 2.07. The molecule has 0 radical (unpaired) electrons. The van der Waals surface area contributed by atoms with Gasteiger partial charge in [-0.15, -0.1) is 0 Å². The molecule has 70 valence electrons. The van der Waals surface area contributed by atoms with Crippen LogP contribution in [0.1, 0.15) is 17.3 Å². The van der Waals surface area contributed by atoms with Gasteiger partial charge in [0.1, 0.15) is 12.0 Å². The van der Waals surface area contributed by atoms with E-state index in [-0.39, 0.29) is 0 Å². The number of ether oxygens (including phenoxy) is 1. The first-order chi connectivity index (χ1) is 6.19. The molecule has 0 amide bonds. The molecule has 1 aromatic rings. The number of carbonyl (C=O) groups excluding carboxylic acids is 1. The third kappa shape index (κ3) is 2.54. The van der Waals surface area contributed by atoms with Crippen LogP contribution in [0.4, 0.5) is 0 Å². The summed E-state index contributed by atoms with van der Waals surface area (Å²) >= 11 is 6.65. The maximum atomic E-state index is 10.5. The first kappa shape index (κ1) is 10.7. The van der Waals surface area contributed by atoms with E-state index >= 15 is 0 Å². The molecular weight excluding hydrogens is 300 g/mol. The van der Waals surface area contributed by atoms with Crippen LogP contribution in [0.25, 0.3) is 0 Å². The van der Waals surface area contributed by atoms with Gasteiger partial charge in [0.2, 0.25) is 0 Å². The van der Waals surface area contributed by atoms with Crippen molar-refractivity contribution in [3.8, 4) is 5.75 Å². The Morgan fingerprint density at radius 2 is 1.92 bits per heavy atom. The van der Waals surface area contributed by atoms with Crippen LogP contribution >= 0.6 is 31.9 Å². The van der Waals surface area contributed by atoms with E-state index in [1.807, 2.05) is 6.92 Å². The van der Waals surface area contributed by atoms with Crippen molar-refractivity contribution in [1.82, 2.24) is 0 Å². The van der Waals surface area contributed by atoms with Crippen molar-refractivity contribution < 1.29 is 9.53 Å². The SMILES string of the molecule is CCOc1c(Br)cc(C=O)cc1Br. The summed E-state index contributed by atoms with van der Waals surface area (Å²) < 4.78 is 6.92. The van der Waals surface area contributed by atoms with Crippen molar-refractivity contribution in [2.24, 2.45) is 0 Å². The number of benzene rings is 1. The van der Waals surface area contributed by atoms with Gasteiger partial charge in [-0.05, 0) is 50.9 Å². The maximum absolute atomic E-state index is 10.5. The van der Waals surface area contributed by atoms with Gasteiger partial charge >= 0.3 is 0 Å². The highest BCUT2D eigenvalue weighted by atomic mass is 79.9. The van der Waals surface area contributed by atoms with Crippen molar-refractivity contribution in [3.63, 3.8) is 0 Å². The van der Waals surface area contributed by atoms with Crippen LogP contribution in [0.15, 0.2) is 21.1 Å². The lowest BCUT2D eigenvalue weighted by Gasteiger charge is -2.08. The van der Waals surface area contributed by atoms with E-state index in [0.29, 0.717) is 12.2 Å². The first-order valence-corrected chi connectivity index (χ1v) is 5.34. The second-order valence-electron chi connectivity index (χ2n) is 2.36. The minimum atomic E-state index is 0.595. The average Bonchev–Trinajstić information content (AvgIpc) is 2.11. The number of rotatable bonds is 3. The quantitative estimate of drug-likeness (QED) is 0.800. The van der Waals surface area contributed by atoms with Gasteiger partial charge < -0.3 is 4.74 Å². The lowest BCUT2D eigenvalue weighted by Crippen LogP contribution is -1.94. The zero-order chi connectivity index (χ0) is 9.84. The fourth-order valence-corrected chi connectivity index (χ4v) is 2.38. The van der Waals surface area contributed by atoms with Gasteiger partial charge in [-0.2, -0.15) is 0 Å². The molecule has 0 saturated heterocycles. The standard InChI is InChI=1S/C9H8Br2O2/c1-2-13-9-7(10)3-6(5-12)4-8(9)11/h3-5H,2H2,1H3. The number of hydrogen-bond donors (Lipinski definition) is 0. The van der Waals surface area contributed by atoms with Crippen LogP contribution in [0.5, 0.6) is 5.75 Å². The van der Waals surface area contributed by atoms with Crippen molar-refractivity contribution >= 4 is 38.1 Å². The molecule has 0 unspecified atom stereocenters. The van der Waals surface area contributed by atoms with Crippen molar-refractivity contribution in [3.05, 3.63) is 26.6 Å². The van der Waals surface area contributed by atoms with Crippen molar-refractivity contribution in [2.45, 2.75) is 6.92 Å². The average molecular weight is 308 g/mol. The van der Waals surface area contributed by atoms with Crippen LogP contribution in [-0.2, 0) is 0 Å². The molecule has 2 nitrogen and oxygen atoms in total. The Morgan fingerprint density at radius 1 is 1.38 bits per heavy atom. The molecule has 0 atom stereocenters. The number of hydrogen-bond acceptors (Lipinski definition) is 2. The lowest BCUT2D eigenvalue weighted by atomic mass is 10.2. The largest absolute Gasteiger partial charge is 0.492 e. The molecule has 4 heteroatoms. The minimum Gasteiger partial charge on any atom is -0.492 e. The van der Waals surface area contributed by atoms with E-state index in [9.17, 15) is 4.79 Å². The predicted octanol–water partition coefficient (Wildman–Crippen LogP) is 3.42. The van der Waals surface area contributed by atoms with E-state index in [4.69, 9.17) is 4.74 Å². The Bertz CT molecular complexity index is 300. The van der Waals surface area contributed by atoms with Gasteiger partial charge in [-0.25, -0.2) is 0 Å². The fourth-order valence-electron chi connectivity index (χ4n) is 0.930. The van der Waals surface area contributed by atoms with Crippen LogP contribution in [-0.4, -0.2) is 12.9 Å². The van der Waals surface area contributed by atoms with Crippen LogP contribution < -0.4 is 4.74 Å². The minimum absolute atomic E-state index is 0.595. The zero-order valence-electron chi connectivity index (χ0n) is 7.01. The Morgan fingerprint density at radius 3 is 2.31 bits per heavy atom. The molecule has 0 aromatic heterocycles. The third-order valence-corrected chi connectivity index (χ3v) is 2.62. The maximum Gasteiger partial charge on any atom is 0.150 e. The smallest absolute Gasteiger partial charge is 0.150 e. The molecule has 0 saturated carbocycles. The van der Waals surface area contributed by atoms with Crippen LogP contribution in [0.3, 0.4) is 0 Å². The molecule has 0 aliphatic carbocycles. The van der Waals surface area contributed by atoms with E-state index in [1.54, 1.807) is 12.1 Å². The van der Waals surface area contributed by atoms with E-state index in [1.165, 1.54) is 0 Å². The van der Waals surface area contributed by atoms with E-state index in [2.05, 4.69) is 31.9 Å². The van der Waals surface area contributed by atoms with Gasteiger partial charge in [-0.1, -0.05) is 0 Å². The van der Waals surface area contributed by atoms with Gasteiger partial charge in [-0.3, -0.25) is 4.79 Å². The summed E-state index contributed by atoms with van der Waals surface area (Å²) in [5.41, 5.74) is 0.613. The monoisotopic (exact) mass is 306 g/mol. The molecule has 0 aliphatic rings. The summed E-state index contributed by atoms with van der Waals surface area (Å²) in [4.78, 5) is 10.5. The summed E-state index contributed by atoms with van der Waals surface area (Å²) in [6, 6.07) is 3.45. The topological polar surface area (TPSA) is 26.3 Å². The molecule has 13 heavy (non-hydrogen) atoms. The van der Waals surface area contributed by atoms with E-state index < -0.39 is 0 Å². The molecule has 0 aliphatic heterocycles. The molecule has 0 fully saturated rings. The molecule has 0 spiro atoms. The van der Waals surface area contributed by atoms with Gasteiger partial charge in [0.05, 0.1) is 15.6 Å². The molecule has 1 rings (SSSR count). The molecule has 0 heterocycles. The lowest BCUT2D eigenvalue weighted by molar-refractivity contribution is 0.112. The highest BCUT2D eigenvalue weighted by molar-refractivity contribution is 9.11. The number of aldehydes is 1. The van der Waals surface area contributed by atoms with Gasteiger partial charge in [0.25, 0.3) is 0 Å². The molecular formula is C9H8Br2O2. The fraction of sp³-hybridized carbons (Fsp3) is 0.222. The normalized spacial score (nSPS) is 9.77. The second kappa shape index (κ2) is 4.77. The molecule has 0 bridgehead atoms. The third-order valence-electron chi connectivity index (χ3n) is 1.45. The van der Waals surface area contributed by atoms with E-state index in [0.717, 1.165) is 21.0 Å². The summed E-state index contributed by atoms with van der Waals surface area (Å²) in [5, 5.41) is 0. The number of halogens is 2. The van der Waals surface area contributed by atoms with Gasteiger partial charge in [0.15, 0.2) is 0 Å². The summed E-state index contributed by atoms with van der Waals surface area (Å²) in [6.07, 6.45) is 0.797. The molecule has 1 aromatic carbocycles. The van der Waals surface area contributed by atoms with Crippen LogP contribution in [0.2, 0.25) is 0 Å². The summed E-state index contributed by atoms with van der Waals surface area (Å²) in [5.74, 6) is 0.730. The molecule has 0 N–H and O–H groups in total. The van der Waals surface area contributed by atoms with Crippen molar-refractivity contribution in [2.75, 3.05) is 6.61 Å². The highest BCUT2D eigenvalue weighted by Crippen LogP contribution is 2.34. The van der Waals surface area contributed by atoms with Gasteiger partial charge in [0, 0.05) is 5.56 Å². The van der Waals surface area contributed by atoms with Crippen molar-refractivity contribution in [1.29, 1.82) is 0 Å². The summed E-state index contributed by atoms with van der Waals surface area (Å²) in [7, 11) is 0. The summed E-state index contributed by atoms with van der Waals surface area (Å²) in [6.45, 7) is 2.50. The first-order valence-electron chi connectivity index (χ1n) is 3.76.